The molecule has 0 amide bonds. The number of fused-ring (bicyclic) bond motifs is 3. The number of aromatic carboxylic acids is 1. The minimum atomic E-state index is -0.880. The fraction of sp³-hybridized carbons (Fsp3) is 0.250. The van der Waals surface area contributed by atoms with E-state index in [1.165, 1.54) is 16.8 Å². The summed E-state index contributed by atoms with van der Waals surface area (Å²) in [6.45, 7) is 2.13. The van der Waals surface area contributed by atoms with Crippen molar-refractivity contribution in [3.05, 3.63) is 76.9 Å². The number of anilines is 1. The summed E-state index contributed by atoms with van der Waals surface area (Å²) in [7, 11) is 0. The quantitative estimate of drug-likeness (QED) is 0.802. The van der Waals surface area contributed by atoms with Gasteiger partial charge < -0.3 is 10.4 Å². The lowest BCUT2D eigenvalue weighted by molar-refractivity contribution is 0.0697. The van der Waals surface area contributed by atoms with Gasteiger partial charge in [-0.25, -0.2) is 4.79 Å². The van der Waals surface area contributed by atoms with Crippen LogP contribution in [-0.2, 0) is 0 Å². The van der Waals surface area contributed by atoms with Gasteiger partial charge in [-0.15, -0.1) is 0 Å². The van der Waals surface area contributed by atoms with E-state index in [-0.39, 0.29) is 6.04 Å². The summed E-state index contributed by atoms with van der Waals surface area (Å²) in [4.78, 5) is 11.1. The summed E-state index contributed by atoms with van der Waals surface area (Å²) < 4.78 is 0. The van der Waals surface area contributed by atoms with Crippen molar-refractivity contribution in [2.75, 3.05) is 5.32 Å². The zero-order chi connectivity index (χ0) is 16.0. The number of carboxylic acids is 1. The van der Waals surface area contributed by atoms with Crippen LogP contribution in [0.5, 0.6) is 0 Å². The number of rotatable bonds is 2. The second-order valence-electron chi connectivity index (χ2n) is 6.44. The first-order valence-corrected chi connectivity index (χ1v) is 8.01. The van der Waals surface area contributed by atoms with E-state index in [9.17, 15) is 4.79 Å². The van der Waals surface area contributed by atoms with Crippen molar-refractivity contribution in [2.24, 2.45) is 5.92 Å². The molecule has 2 aromatic rings. The summed E-state index contributed by atoms with van der Waals surface area (Å²) in [5.41, 5.74) is 5.35. The first-order chi connectivity index (χ1) is 11.1. The predicted molar refractivity (Wildman–Crippen MR) is 90.9 cm³/mol. The van der Waals surface area contributed by atoms with Gasteiger partial charge in [0, 0.05) is 11.6 Å². The molecule has 0 unspecified atom stereocenters. The number of nitrogens with one attached hydrogen (secondary N) is 1. The lowest BCUT2D eigenvalue weighted by Gasteiger charge is -2.38. The van der Waals surface area contributed by atoms with E-state index in [0.717, 1.165) is 12.0 Å². The molecule has 0 spiro atoms. The maximum Gasteiger partial charge on any atom is 0.335 e. The van der Waals surface area contributed by atoms with Gasteiger partial charge in [-0.1, -0.05) is 42.5 Å². The molecule has 0 radical (unpaired) electrons. The maximum atomic E-state index is 11.1. The van der Waals surface area contributed by atoms with Gasteiger partial charge in [0.15, 0.2) is 0 Å². The number of hydrogen-bond acceptors (Lipinski definition) is 2. The zero-order valence-electron chi connectivity index (χ0n) is 13.0. The highest BCUT2D eigenvalue weighted by Gasteiger charge is 2.38. The second-order valence-corrected chi connectivity index (χ2v) is 6.44. The van der Waals surface area contributed by atoms with Crippen LogP contribution in [-0.4, -0.2) is 11.1 Å². The van der Waals surface area contributed by atoms with Gasteiger partial charge in [0.2, 0.25) is 0 Å². The van der Waals surface area contributed by atoms with Crippen LogP contribution in [0.1, 0.15) is 45.4 Å². The number of carbonyl (C=O) groups is 1. The Hall–Kier alpha value is -2.55. The molecule has 3 atom stereocenters. The molecule has 1 heterocycles. The van der Waals surface area contributed by atoms with Crippen LogP contribution in [0.25, 0.3) is 0 Å². The molecule has 0 saturated carbocycles. The van der Waals surface area contributed by atoms with Crippen LogP contribution in [0.4, 0.5) is 5.69 Å². The smallest absolute Gasteiger partial charge is 0.335 e. The number of para-hydroxylation sites is 1. The summed E-state index contributed by atoms with van der Waals surface area (Å²) in [5, 5.41) is 12.8. The van der Waals surface area contributed by atoms with Crippen LogP contribution in [0.2, 0.25) is 0 Å². The van der Waals surface area contributed by atoms with Gasteiger partial charge in [0.25, 0.3) is 0 Å². The molecule has 0 aromatic heterocycles. The van der Waals surface area contributed by atoms with Crippen LogP contribution >= 0.6 is 0 Å². The molecular weight excluding hydrogens is 286 g/mol. The molecule has 0 bridgehead atoms. The van der Waals surface area contributed by atoms with E-state index in [2.05, 4.69) is 42.6 Å². The highest BCUT2D eigenvalue weighted by atomic mass is 16.4. The molecule has 1 aliphatic heterocycles. The van der Waals surface area contributed by atoms with Gasteiger partial charge in [-0.2, -0.15) is 0 Å². The Morgan fingerprint density at radius 1 is 1.17 bits per heavy atom. The first kappa shape index (κ1) is 14.1. The van der Waals surface area contributed by atoms with Crippen LogP contribution in [0.3, 0.4) is 0 Å². The monoisotopic (exact) mass is 305 g/mol. The van der Waals surface area contributed by atoms with E-state index in [4.69, 9.17) is 5.11 Å². The largest absolute Gasteiger partial charge is 0.478 e. The number of aryl methyl sites for hydroxylation is 1. The topological polar surface area (TPSA) is 49.3 Å². The number of benzene rings is 2. The lowest BCUT2D eigenvalue weighted by Crippen LogP contribution is -2.29. The molecule has 0 fully saturated rings. The molecule has 4 rings (SSSR count). The Labute approximate surface area is 135 Å². The minimum Gasteiger partial charge on any atom is -0.478 e. The number of allylic oxidation sites excluding steroid dienone is 2. The first-order valence-electron chi connectivity index (χ1n) is 8.01. The van der Waals surface area contributed by atoms with Crippen molar-refractivity contribution in [3.63, 3.8) is 0 Å². The third-order valence-corrected chi connectivity index (χ3v) is 5.12. The van der Waals surface area contributed by atoms with Crippen molar-refractivity contribution < 1.29 is 9.90 Å². The van der Waals surface area contributed by atoms with Crippen molar-refractivity contribution in [1.29, 1.82) is 0 Å². The number of hydrogen-bond donors (Lipinski definition) is 2. The van der Waals surface area contributed by atoms with Crippen molar-refractivity contribution in [1.82, 2.24) is 0 Å². The van der Waals surface area contributed by atoms with E-state index < -0.39 is 5.97 Å². The molecule has 2 N–H and O–H groups in total. The van der Waals surface area contributed by atoms with Crippen molar-refractivity contribution in [3.8, 4) is 0 Å². The number of carboxylic acid groups (broad SMARTS) is 1. The zero-order valence-corrected chi connectivity index (χ0v) is 13.0. The SMILES string of the molecule is Cc1cccc2c1N[C@H](c1ccc(C(=O)O)cc1)[C@@H]1CC=C[C@@H]21. The highest BCUT2D eigenvalue weighted by Crippen LogP contribution is 2.50. The summed E-state index contributed by atoms with van der Waals surface area (Å²) >= 11 is 0. The standard InChI is InChI=1S/C20H19NO2/c1-12-4-2-6-16-15-5-3-7-17(15)19(21-18(12)16)13-8-10-14(11-9-13)20(22)23/h2-6,8-11,15,17,19,21H,7H2,1H3,(H,22,23)/t15-,17+,19+/m0/s1. The molecule has 3 heteroatoms. The van der Waals surface area contributed by atoms with Crippen LogP contribution in [0, 0.1) is 12.8 Å². The van der Waals surface area contributed by atoms with Crippen molar-refractivity contribution >= 4 is 11.7 Å². The van der Waals surface area contributed by atoms with Gasteiger partial charge in [0.05, 0.1) is 11.6 Å². The molecule has 0 saturated heterocycles. The molecule has 1 aliphatic carbocycles. The molecule has 2 aliphatic rings. The Morgan fingerprint density at radius 2 is 1.96 bits per heavy atom. The van der Waals surface area contributed by atoms with E-state index >= 15 is 0 Å². The van der Waals surface area contributed by atoms with Gasteiger partial charge in [0.1, 0.15) is 0 Å². The van der Waals surface area contributed by atoms with E-state index in [1.54, 1.807) is 12.1 Å². The molecule has 3 nitrogen and oxygen atoms in total. The highest BCUT2D eigenvalue weighted by molar-refractivity contribution is 5.87. The fourth-order valence-corrected chi connectivity index (χ4v) is 3.94. The average Bonchev–Trinajstić information content (AvgIpc) is 3.04. The molecule has 116 valence electrons. The average molecular weight is 305 g/mol. The Bertz CT molecular complexity index is 792. The molecule has 23 heavy (non-hydrogen) atoms. The summed E-state index contributed by atoms with van der Waals surface area (Å²) in [6, 6.07) is 14.0. The van der Waals surface area contributed by atoms with E-state index in [0.29, 0.717) is 17.4 Å². The van der Waals surface area contributed by atoms with E-state index in [1.807, 2.05) is 12.1 Å². The summed E-state index contributed by atoms with van der Waals surface area (Å²) in [6.07, 6.45) is 5.64. The lowest BCUT2D eigenvalue weighted by atomic mass is 9.76. The Balaban J connectivity index is 1.75. The summed E-state index contributed by atoms with van der Waals surface area (Å²) in [5.74, 6) is 0.0463. The van der Waals surface area contributed by atoms with Gasteiger partial charge in [-0.05, 0) is 48.1 Å². The normalized spacial score (nSPS) is 24.7. The molecule has 2 aromatic carbocycles. The Morgan fingerprint density at radius 3 is 2.70 bits per heavy atom. The van der Waals surface area contributed by atoms with Crippen molar-refractivity contribution in [2.45, 2.75) is 25.3 Å². The third-order valence-electron chi connectivity index (χ3n) is 5.12. The third kappa shape index (κ3) is 2.24. The fourth-order valence-electron chi connectivity index (χ4n) is 3.94. The minimum absolute atomic E-state index is 0.214. The van der Waals surface area contributed by atoms with Crippen LogP contribution < -0.4 is 5.32 Å². The van der Waals surface area contributed by atoms with Gasteiger partial charge in [-0.3, -0.25) is 0 Å². The Kier molecular flexibility index (Phi) is 3.22. The van der Waals surface area contributed by atoms with Gasteiger partial charge >= 0.3 is 5.97 Å². The second kappa shape index (κ2) is 5.27. The maximum absolute atomic E-state index is 11.1. The van der Waals surface area contributed by atoms with Crippen LogP contribution in [0.15, 0.2) is 54.6 Å². The molecular formula is C20H19NO2. The predicted octanol–water partition coefficient (Wildman–Crippen LogP) is 4.52.